The first-order valence-electron chi connectivity index (χ1n) is 11.9. The first-order chi connectivity index (χ1) is 15.6. The third-order valence-corrected chi connectivity index (χ3v) is 7.52. The number of carbonyl (C=O) groups is 2. The lowest BCUT2D eigenvalue weighted by molar-refractivity contribution is -0.135. The second-order valence-corrected chi connectivity index (χ2v) is 11.4. The summed E-state index contributed by atoms with van der Waals surface area (Å²) in [6, 6.07) is 11.0. The summed E-state index contributed by atoms with van der Waals surface area (Å²) < 4.78 is 0. The summed E-state index contributed by atoms with van der Waals surface area (Å²) in [5.41, 5.74) is 3.54. The van der Waals surface area contributed by atoms with E-state index >= 15 is 0 Å². The van der Waals surface area contributed by atoms with Gasteiger partial charge in [0.2, 0.25) is 5.91 Å². The van der Waals surface area contributed by atoms with Gasteiger partial charge in [-0.25, -0.2) is 4.79 Å². The first kappa shape index (κ1) is 23.8. The van der Waals surface area contributed by atoms with Gasteiger partial charge in [0.1, 0.15) is 0 Å². The van der Waals surface area contributed by atoms with Gasteiger partial charge in [0.25, 0.3) is 0 Å². The second kappa shape index (κ2) is 9.47. The van der Waals surface area contributed by atoms with Gasteiger partial charge in [0, 0.05) is 42.6 Å². The van der Waals surface area contributed by atoms with Gasteiger partial charge in [-0.05, 0) is 63.6 Å². The maximum Gasteiger partial charge on any atom is 0.318 e. The lowest BCUT2D eigenvalue weighted by Gasteiger charge is -2.42. The summed E-state index contributed by atoms with van der Waals surface area (Å²) in [5, 5.41) is 5.21. The average molecular weight is 469 g/mol. The second-order valence-electron chi connectivity index (χ2n) is 10.4. The summed E-state index contributed by atoms with van der Waals surface area (Å²) in [6.45, 7) is 13.1. The molecule has 1 aromatic heterocycles. The Bertz CT molecular complexity index is 994. The Morgan fingerprint density at radius 1 is 1.09 bits per heavy atom. The van der Waals surface area contributed by atoms with E-state index < -0.39 is 0 Å². The third kappa shape index (κ3) is 5.41. The minimum atomic E-state index is -0.274. The van der Waals surface area contributed by atoms with Crippen molar-refractivity contribution < 1.29 is 9.59 Å². The molecule has 2 atom stereocenters. The molecule has 0 spiro atoms. The number of carbonyl (C=O) groups excluding carboxylic acids is 2. The summed E-state index contributed by atoms with van der Waals surface area (Å²) in [5.74, 6) is 0.147. The van der Waals surface area contributed by atoms with Gasteiger partial charge >= 0.3 is 6.03 Å². The average Bonchev–Trinajstić information content (AvgIpc) is 3.22. The fourth-order valence-corrected chi connectivity index (χ4v) is 5.73. The first-order valence-corrected chi connectivity index (χ1v) is 12.7. The number of nitrogens with zero attached hydrogens (tertiary/aromatic N) is 3. The number of urea groups is 1. The van der Waals surface area contributed by atoms with E-state index in [4.69, 9.17) is 0 Å². The van der Waals surface area contributed by atoms with Crippen LogP contribution in [0.3, 0.4) is 0 Å². The predicted octanol–water partition coefficient (Wildman–Crippen LogP) is 4.04. The van der Waals surface area contributed by atoms with Gasteiger partial charge in [0.05, 0.1) is 12.6 Å². The quantitative estimate of drug-likeness (QED) is 0.740. The number of aryl methyl sites for hydroxylation is 1. The van der Waals surface area contributed by atoms with E-state index in [0.717, 1.165) is 13.0 Å². The molecule has 0 bridgehead atoms. The maximum atomic E-state index is 13.4. The van der Waals surface area contributed by atoms with E-state index in [1.165, 1.54) is 21.6 Å². The Labute approximate surface area is 201 Å². The van der Waals surface area contributed by atoms with Gasteiger partial charge < -0.3 is 15.1 Å². The lowest BCUT2D eigenvalue weighted by atomic mass is 9.92. The van der Waals surface area contributed by atoms with Crippen molar-refractivity contribution >= 4 is 23.3 Å². The van der Waals surface area contributed by atoms with Crippen molar-refractivity contribution in [2.75, 3.05) is 32.7 Å². The zero-order chi connectivity index (χ0) is 23.8. The number of piperazine rings is 1. The fraction of sp³-hybridized carbons (Fsp3) is 0.538. The standard InChI is InChI=1S/C26H36N4O2S/c1-18-6-8-20(9-7-18)24-21-11-15-33-22(21)10-12-29(24)17-23(31)28-13-14-30(19(2)16-28)25(32)27-26(3,4)5/h6-9,11,15,19,24H,10,12-14,16-17H2,1-5H3,(H,27,32). The molecule has 7 heteroatoms. The SMILES string of the molecule is Cc1ccc(C2c3ccsc3CCN2CC(=O)N2CCN(C(=O)NC(C)(C)C)C(C)C2)cc1. The van der Waals surface area contributed by atoms with Crippen LogP contribution in [-0.2, 0) is 11.2 Å². The van der Waals surface area contributed by atoms with Gasteiger partial charge in [-0.1, -0.05) is 29.8 Å². The van der Waals surface area contributed by atoms with E-state index in [1.54, 1.807) is 0 Å². The molecule has 1 N–H and O–H groups in total. The molecule has 0 radical (unpaired) electrons. The van der Waals surface area contributed by atoms with Crippen molar-refractivity contribution in [3.05, 3.63) is 57.3 Å². The summed E-state index contributed by atoms with van der Waals surface area (Å²) in [6.07, 6.45) is 0.986. The van der Waals surface area contributed by atoms with Crippen molar-refractivity contribution in [2.24, 2.45) is 0 Å². The molecule has 0 saturated carbocycles. The number of benzene rings is 1. The van der Waals surface area contributed by atoms with Crippen LogP contribution in [0.25, 0.3) is 0 Å². The molecule has 2 aliphatic rings. The molecule has 0 aliphatic carbocycles. The molecular weight excluding hydrogens is 432 g/mol. The van der Waals surface area contributed by atoms with Gasteiger partial charge in [-0.2, -0.15) is 0 Å². The number of hydrogen-bond donors (Lipinski definition) is 1. The van der Waals surface area contributed by atoms with Crippen LogP contribution in [0.4, 0.5) is 4.79 Å². The monoisotopic (exact) mass is 468 g/mol. The lowest BCUT2D eigenvalue weighted by Crippen LogP contribution is -2.60. The van der Waals surface area contributed by atoms with Crippen LogP contribution in [0.2, 0.25) is 0 Å². The third-order valence-electron chi connectivity index (χ3n) is 6.52. The number of amides is 3. The van der Waals surface area contributed by atoms with Crippen LogP contribution in [-0.4, -0.2) is 70.9 Å². The van der Waals surface area contributed by atoms with Crippen LogP contribution in [0.1, 0.15) is 55.3 Å². The molecule has 4 rings (SSSR count). The van der Waals surface area contributed by atoms with Crippen molar-refractivity contribution in [3.63, 3.8) is 0 Å². The normalized spacial score (nSPS) is 21.6. The van der Waals surface area contributed by atoms with Crippen LogP contribution in [0.15, 0.2) is 35.7 Å². The Morgan fingerprint density at radius 2 is 1.82 bits per heavy atom. The van der Waals surface area contributed by atoms with E-state index in [2.05, 4.69) is 52.9 Å². The molecule has 1 aromatic carbocycles. The van der Waals surface area contributed by atoms with Crippen LogP contribution in [0, 0.1) is 6.92 Å². The predicted molar refractivity (Wildman–Crippen MR) is 134 cm³/mol. The van der Waals surface area contributed by atoms with Crippen molar-refractivity contribution in [3.8, 4) is 0 Å². The molecule has 2 aliphatic heterocycles. The smallest absolute Gasteiger partial charge is 0.318 e. The molecule has 33 heavy (non-hydrogen) atoms. The van der Waals surface area contributed by atoms with Crippen LogP contribution in [0.5, 0.6) is 0 Å². The molecule has 1 saturated heterocycles. The number of thiophene rings is 1. The highest BCUT2D eigenvalue weighted by Gasteiger charge is 2.35. The highest BCUT2D eigenvalue weighted by atomic mass is 32.1. The number of nitrogens with one attached hydrogen (secondary N) is 1. The Hall–Kier alpha value is -2.38. The van der Waals surface area contributed by atoms with E-state index in [0.29, 0.717) is 26.2 Å². The molecular formula is C26H36N4O2S. The molecule has 1 fully saturated rings. The number of hydrogen-bond acceptors (Lipinski definition) is 4. The number of rotatable bonds is 3. The molecule has 3 heterocycles. The van der Waals surface area contributed by atoms with Gasteiger partial charge in [-0.15, -0.1) is 11.3 Å². The van der Waals surface area contributed by atoms with Crippen molar-refractivity contribution in [1.82, 2.24) is 20.0 Å². The highest BCUT2D eigenvalue weighted by Crippen LogP contribution is 2.37. The number of fused-ring (bicyclic) bond motifs is 1. The topological polar surface area (TPSA) is 55.9 Å². The van der Waals surface area contributed by atoms with E-state index in [-0.39, 0.29) is 29.6 Å². The van der Waals surface area contributed by atoms with E-state index in [1.807, 2.05) is 48.8 Å². The fourth-order valence-electron chi connectivity index (χ4n) is 4.83. The van der Waals surface area contributed by atoms with Crippen LogP contribution >= 0.6 is 11.3 Å². The highest BCUT2D eigenvalue weighted by molar-refractivity contribution is 7.10. The van der Waals surface area contributed by atoms with Crippen molar-refractivity contribution in [2.45, 2.75) is 58.7 Å². The molecule has 6 nitrogen and oxygen atoms in total. The van der Waals surface area contributed by atoms with Gasteiger partial charge in [0.15, 0.2) is 0 Å². The summed E-state index contributed by atoms with van der Waals surface area (Å²) in [7, 11) is 0. The van der Waals surface area contributed by atoms with Crippen molar-refractivity contribution in [1.29, 1.82) is 0 Å². The molecule has 178 valence electrons. The zero-order valence-corrected chi connectivity index (χ0v) is 21.2. The summed E-state index contributed by atoms with van der Waals surface area (Å²) in [4.78, 5) is 33.5. The minimum absolute atomic E-state index is 0.0113. The Balaban J connectivity index is 1.44. The summed E-state index contributed by atoms with van der Waals surface area (Å²) >= 11 is 1.82. The molecule has 2 unspecified atom stereocenters. The Kier molecular flexibility index (Phi) is 6.82. The Morgan fingerprint density at radius 3 is 2.48 bits per heavy atom. The van der Waals surface area contributed by atoms with Gasteiger partial charge in [-0.3, -0.25) is 9.69 Å². The zero-order valence-electron chi connectivity index (χ0n) is 20.4. The molecule has 2 aromatic rings. The van der Waals surface area contributed by atoms with E-state index in [9.17, 15) is 9.59 Å². The maximum absolute atomic E-state index is 13.4. The minimum Gasteiger partial charge on any atom is -0.338 e. The van der Waals surface area contributed by atoms with Crippen LogP contribution < -0.4 is 5.32 Å². The largest absolute Gasteiger partial charge is 0.338 e. The molecule has 3 amide bonds.